The monoisotopic (exact) mass is 221 g/mol. The van der Waals surface area contributed by atoms with E-state index in [1.165, 1.54) is 12.8 Å². The van der Waals surface area contributed by atoms with Crippen LogP contribution in [0.3, 0.4) is 0 Å². The maximum absolute atomic E-state index is 9.20. The lowest BCUT2D eigenvalue weighted by atomic mass is 9.47. The Kier molecular flexibility index (Phi) is 3.44. The zero-order valence-corrected chi connectivity index (χ0v) is 11.9. The second-order valence-corrected chi connectivity index (χ2v) is 7.50. The van der Waals surface area contributed by atoms with Crippen molar-refractivity contribution in [3.05, 3.63) is 0 Å². The Bertz CT molecular complexity index is 268. The highest BCUT2D eigenvalue weighted by Crippen LogP contribution is 2.60. The first-order valence-corrected chi connectivity index (χ1v) is 6.54. The van der Waals surface area contributed by atoms with E-state index in [0.717, 1.165) is 12.8 Å². The molecule has 0 aromatic carbocycles. The second kappa shape index (κ2) is 4.06. The molecule has 92 valence electrons. The van der Waals surface area contributed by atoms with Crippen LogP contribution >= 0.6 is 0 Å². The Morgan fingerprint density at radius 3 is 1.94 bits per heavy atom. The molecule has 1 nitrogen and oxygen atoms in total. The van der Waals surface area contributed by atoms with Crippen molar-refractivity contribution in [2.75, 3.05) is 0 Å². The van der Waals surface area contributed by atoms with Crippen molar-refractivity contribution in [2.24, 2.45) is 22.2 Å². The molecule has 1 rings (SSSR count). The van der Waals surface area contributed by atoms with Gasteiger partial charge in [-0.15, -0.1) is 0 Å². The van der Waals surface area contributed by atoms with Crippen LogP contribution in [0.2, 0.25) is 0 Å². The minimum Gasteiger partial charge on any atom is -0.198 e. The van der Waals surface area contributed by atoms with Gasteiger partial charge in [-0.2, -0.15) is 5.26 Å². The molecule has 0 amide bonds. The van der Waals surface area contributed by atoms with Crippen molar-refractivity contribution in [1.82, 2.24) is 0 Å². The molecular formula is C15H27N. The first-order chi connectivity index (χ1) is 7.14. The van der Waals surface area contributed by atoms with Crippen LogP contribution in [-0.4, -0.2) is 0 Å². The average molecular weight is 221 g/mol. The Balaban J connectivity index is 3.12. The molecule has 1 saturated carbocycles. The summed E-state index contributed by atoms with van der Waals surface area (Å²) in [6.45, 7) is 14.1. The first-order valence-electron chi connectivity index (χ1n) is 6.54. The molecule has 1 heteroatoms. The number of hydrogen-bond donors (Lipinski definition) is 0. The third kappa shape index (κ3) is 2.12. The molecule has 0 bridgehead atoms. The third-order valence-electron chi connectivity index (χ3n) is 4.80. The zero-order chi connectivity index (χ0) is 12.6. The summed E-state index contributed by atoms with van der Waals surface area (Å²) in [5.74, 6) is 0.271. The van der Waals surface area contributed by atoms with Crippen LogP contribution in [0.4, 0.5) is 0 Å². The molecule has 0 aromatic rings. The van der Waals surface area contributed by atoms with Crippen LogP contribution in [-0.2, 0) is 0 Å². The summed E-state index contributed by atoms with van der Waals surface area (Å²) in [6.07, 6.45) is 4.67. The van der Waals surface area contributed by atoms with Crippen molar-refractivity contribution in [3.63, 3.8) is 0 Å². The summed E-state index contributed by atoms with van der Waals surface area (Å²) >= 11 is 0. The predicted molar refractivity (Wildman–Crippen MR) is 68.9 cm³/mol. The standard InChI is InChI=1S/C15H27N/c1-13(2,3)15(14(4,5)6)9-7-8-12(10-15)11-16/h12H,7-10H2,1-6H3. The van der Waals surface area contributed by atoms with Gasteiger partial charge in [0, 0.05) is 5.92 Å². The number of rotatable bonds is 0. The summed E-state index contributed by atoms with van der Waals surface area (Å²) in [7, 11) is 0. The smallest absolute Gasteiger partial charge is 0.0656 e. The fourth-order valence-corrected chi connectivity index (χ4v) is 3.87. The molecule has 1 aliphatic carbocycles. The molecule has 0 radical (unpaired) electrons. The van der Waals surface area contributed by atoms with Gasteiger partial charge >= 0.3 is 0 Å². The lowest BCUT2D eigenvalue weighted by Gasteiger charge is -2.57. The Morgan fingerprint density at radius 1 is 1.06 bits per heavy atom. The normalized spacial score (nSPS) is 26.2. The number of nitrogens with zero attached hydrogens (tertiary/aromatic N) is 1. The Hall–Kier alpha value is -0.510. The van der Waals surface area contributed by atoms with Gasteiger partial charge in [0.25, 0.3) is 0 Å². The maximum Gasteiger partial charge on any atom is 0.0656 e. The van der Waals surface area contributed by atoms with Crippen molar-refractivity contribution >= 4 is 0 Å². The maximum atomic E-state index is 9.20. The van der Waals surface area contributed by atoms with Gasteiger partial charge in [-0.25, -0.2) is 0 Å². The number of nitriles is 1. The second-order valence-electron chi connectivity index (χ2n) is 7.50. The third-order valence-corrected chi connectivity index (χ3v) is 4.80. The molecule has 1 aliphatic rings. The van der Waals surface area contributed by atoms with E-state index in [1.807, 2.05) is 0 Å². The molecule has 1 atom stereocenters. The van der Waals surface area contributed by atoms with Gasteiger partial charge in [0.05, 0.1) is 6.07 Å². The van der Waals surface area contributed by atoms with Crippen molar-refractivity contribution in [3.8, 4) is 6.07 Å². The van der Waals surface area contributed by atoms with Crippen LogP contribution in [0.1, 0.15) is 67.2 Å². The van der Waals surface area contributed by atoms with E-state index in [2.05, 4.69) is 47.6 Å². The van der Waals surface area contributed by atoms with E-state index >= 15 is 0 Å². The van der Waals surface area contributed by atoms with E-state index in [-0.39, 0.29) is 16.7 Å². The highest BCUT2D eigenvalue weighted by atomic mass is 14.6. The zero-order valence-electron chi connectivity index (χ0n) is 11.9. The van der Waals surface area contributed by atoms with Crippen LogP contribution in [0.25, 0.3) is 0 Å². The van der Waals surface area contributed by atoms with Crippen LogP contribution in [0.5, 0.6) is 0 Å². The Morgan fingerprint density at radius 2 is 1.56 bits per heavy atom. The highest BCUT2D eigenvalue weighted by molar-refractivity contribution is 5.04. The van der Waals surface area contributed by atoms with Gasteiger partial charge in [0.2, 0.25) is 0 Å². The minimum absolute atomic E-state index is 0.271. The Labute approximate surface area is 101 Å². The summed E-state index contributed by atoms with van der Waals surface area (Å²) < 4.78 is 0. The lowest BCUT2D eigenvalue weighted by Crippen LogP contribution is -2.49. The molecule has 16 heavy (non-hydrogen) atoms. The minimum atomic E-state index is 0.271. The molecule has 0 saturated heterocycles. The summed E-state index contributed by atoms with van der Waals surface area (Å²) in [5.41, 5.74) is 0.861. The van der Waals surface area contributed by atoms with E-state index in [4.69, 9.17) is 0 Å². The number of hydrogen-bond acceptors (Lipinski definition) is 1. The molecular weight excluding hydrogens is 194 g/mol. The van der Waals surface area contributed by atoms with Crippen LogP contribution in [0, 0.1) is 33.5 Å². The van der Waals surface area contributed by atoms with Crippen LogP contribution < -0.4 is 0 Å². The van der Waals surface area contributed by atoms with Crippen molar-refractivity contribution in [2.45, 2.75) is 67.2 Å². The van der Waals surface area contributed by atoms with Gasteiger partial charge in [-0.3, -0.25) is 0 Å². The van der Waals surface area contributed by atoms with Crippen molar-refractivity contribution in [1.29, 1.82) is 5.26 Å². The van der Waals surface area contributed by atoms with Gasteiger partial charge in [-0.05, 0) is 35.5 Å². The molecule has 0 heterocycles. The van der Waals surface area contributed by atoms with Gasteiger partial charge in [0.1, 0.15) is 0 Å². The largest absolute Gasteiger partial charge is 0.198 e. The topological polar surface area (TPSA) is 23.8 Å². The lowest BCUT2D eigenvalue weighted by molar-refractivity contribution is -0.0733. The molecule has 1 fully saturated rings. The quantitative estimate of drug-likeness (QED) is 0.577. The van der Waals surface area contributed by atoms with Crippen LogP contribution in [0.15, 0.2) is 0 Å². The molecule has 0 N–H and O–H groups in total. The van der Waals surface area contributed by atoms with E-state index in [0.29, 0.717) is 5.41 Å². The van der Waals surface area contributed by atoms with E-state index in [9.17, 15) is 5.26 Å². The van der Waals surface area contributed by atoms with Crippen molar-refractivity contribution < 1.29 is 0 Å². The van der Waals surface area contributed by atoms with Gasteiger partial charge in [0.15, 0.2) is 0 Å². The fourth-order valence-electron chi connectivity index (χ4n) is 3.87. The summed E-state index contributed by atoms with van der Waals surface area (Å²) in [5, 5.41) is 9.20. The average Bonchev–Trinajstić information content (AvgIpc) is 2.14. The summed E-state index contributed by atoms with van der Waals surface area (Å²) in [4.78, 5) is 0. The highest BCUT2D eigenvalue weighted by Gasteiger charge is 2.52. The molecule has 0 spiro atoms. The predicted octanol–water partition coefficient (Wildman–Crippen LogP) is 4.78. The van der Waals surface area contributed by atoms with E-state index in [1.54, 1.807) is 0 Å². The fraction of sp³-hybridized carbons (Fsp3) is 0.933. The van der Waals surface area contributed by atoms with E-state index < -0.39 is 0 Å². The van der Waals surface area contributed by atoms with Gasteiger partial charge in [-0.1, -0.05) is 48.0 Å². The SMILES string of the molecule is CC(C)(C)C1(C(C)(C)C)CCCC(C#N)C1. The molecule has 0 aliphatic heterocycles. The summed E-state index contributed by atoms with van der Waals surface area (Å²) in [6, 6.07) is 2.50. The molecule has 1 unspecified atom stereocenters. The molecule has 0 aromatic heterocycles. The van der Waals surface area contributed by atoms with Gasteiger partial charge < -0.3 is 0 Å². The first kappa shape index (κ1) is 13.6.